The second-order valence-electron chi connectivity index (χ2n) is 8.19. The predicted molar refractivity (Wildman–Crippen MR) is 137 cm³/mol. The number of nitrogens with one attached hydrogen (secondary N) is 1. The van der Waals surface area contributed by atoms with Crippen LogP contribution < -0.4 is 25.4 Å². The highest BCUT2D eigenvalue weighted by Crippen LogP contribution is 2.36. The van der Waals surface area contributed by atoms with Crippen molar-refractivity contribution in [3.8, 4) is 11.5 Å². The number of amidine groups is 1. The average molecular weight is 487 g/mol. The number of ether oxygens (including phenoxy) is 2. The number of benzene rings is 3. The van der Waals surface area contributed by atoms with Gasteiger partial charge in [0.05, 0.1) is 19.1 Å². The largest absolute Gasteiger partial charge is 0.493 e. The number of hydrogen-bond acceptors (Lipinski definition) is 7. The van der Waals surface area contributed by atoms with Gasteiger partial charge in [0.2, 0.25) is 0 Å². The van der Waals surface area contributed by atoms with Crippen molar-refractivity contribution in [2.45, 2.75) is 25.8 Å². The van der Waals surface area contributed by atoms with Crippen LogP contribution in [0.4, 0.5) is 0 Å². The molecule has 2 heterocycles. The molecule has 1 unspecified atom stereocenters. The van der Waals surface area contributed by atoms with Crippen molar-refractivity contribution >= 4 is 28.5 Å². The molecule has 0 aliphatic carbocycles. The summed E-state index contributed by atoms with van der Waals surface area (Å²) in [6, 6.07) is 21.7. The number of para-hydroxylation sites is 1. The van der Waals surface area contributed by atoms with Crippen LogP contribution in [-0.2, 0) is 10.5 Å². The molecule has 3 aromatic carbocycles. The van der Waals surface area contributed by atoms with E-state index in [1.807, 2.05) is 49.4 Å². The van der Waals surface area contributed by atoms with Crippen molar-refractivity contribution in [3.05, 3.63) is 94.0 Å². The molecule has 178 valence electrons. The van der Waals surface area contributed by atoms with Crippen molar-refractivity contribution in [3.63, 3.8) is 0 Å². The Morgan fingerprint density at radius 1 is 1.06 bits per heavy atom. The van der Waals surface area contributed by atoms with E-state index in [1.165, 1.54) is 17.3 Å². The van der Waals surface area contributed by atoms with Gasteiger partial charge in [-0.1, -0.05) is 65.9 Å². The lowest BCUT2D eigenvalue weighted by molar-refractivity contribution is -0.116. The van der Waals surface area contributed by atoms with E-state index in [-0.39, 0.29) is 5.91 Å². The van der Waals surface area contributed by atoms with E-state index in [9.17, 15) is 4.79 Å². The molecule has 0 saturated carbocycles. The molecule has 0 aromatic heterocycles. The van der Waals surface area contributed by atoms with E-state index in [4.69, 9.17) is 19.6 Å². The van der Waals surface area contributed by atoms with Gasteiger partial charge >= 0.3 is 0 Å². The number of carbonyl (C=O) groups excluding carboxylic acids is 1. The molecule has 3 aromatic rings. The molecular formula is C27H26N4O3S. The van der Waals surface area contributed by atoms with Crippen LogP contribution in [0.1, 0.15) is 29.8 Å². The van der Waals surface area contributed by atoms with Crippen LogP contribution in [0.2, 0.25) is 0 Å². The smallest absolute Gasteiger partial charge is 0.276 e. The highest BCUT2D eigenvalue weighted by atomic mass is 32.2. The molecular weight excluding hydrogens is 460 g/mol. The van der Waals surface area contributed by atoms with Crippen molar-refractivity contribution < 1.29 is 14.3 Å². The normalized spacial score (nSPS) is 16.5. The second-order valence-corrected chi connectivity index (χ2v) is 9.15. The first-order chi connectivity index (χ1) is 17.1. The minimum absolute atomic E-state index is 0.198. The Hall–Kier alpha value is -3.78. The number of fused-ring (bicyclic) bond motifs is 2. The first-order valence-electron chi connectivity index (χ1n) is 11.4. The fourth-order valence-electron chi connectivity index (χ4n) is 4.07. The number of amides is 1. The quantitative estimate of drug-likeness (QED) is 0.578. The maximum atomic E-state index is 13.3. The molecule has 1 atom stereocenters. The van der Waals surface area contributed by atoms with E-state index in [0.717, 1.165) is 21.7 Å². The molecule has 1 N–H and O–H groups in total. The third-order valence-corrected chi connectivity index (χ3v) is 6.73. The molecule has 0 fully saturated rings. The lowest BCUT2D eigenvalue weighted by Crippen LogP contribution is -2.50. The first kappa shape index (κ1) is 23.0. The molecule has 0 spiro atoms. The van der Waals surface area contributed by atoms with Gasteiger partial charge in [0, 0.05) is 16.5 Å². The van der Waals surface area contributed by atoms with Gasteiger partial charge in [-0.15, -0.1) is 5.10 Å². The summed E-state index contributed by atoms with van der Waals surface area (Å²) >= 11 is 1.49. The Morgan fingerprint density at radius 2 is 1.86 bits per heavy atom. The van der Waals surface area contributed by atoms with E-state index >= 15 is 0 Å². The summed E-state index contributed by atoms with van der Waals surface area (Å²) in [7, 11) is 1.61. The number of methoxy groups -OCH3 is 1. The Balaban J connectivity index is 1.55. The van der Waals surface area contributed by atoms with Gasteiger partial charge in [0.15, 0.2) is 22.8 Å². The summed E-state index contributed by atoms with van der Waals surface area (Å²) in [5.41, 5.74) is 3.70. The molecule has 2 aliphatic heterocycles. The highest BCUT2D eigenvalue weighted by molar-refractivity contribution is 8.13. The van der Waals surface area contributed by atoms with Crippen LogP contribution in [0.3, 0.4) is 0 Å². The second kappa shape index (κ2) is 9.84. The van der Waals surface area contributed by atoms with Crippen LogP contribution >= 0.6 is 11.8 Å². The van der Waals surface area contributed by atoms with Crippen LogP contribution in [0.15, 0.2) is 76.8 Å². The van der Waals surface area contributed by atoms with Crippen LogP contribution in [-0.4, -0.2) is 29.8 Å². The minimum atomic E-state index is -0.523. The van der Waals surface area contributed by atoms with E-state index in [1.54, 1.807) is 12.1 Å². The Morgan fingerprint density at radius 3 is 2.63 bits per heavy atom. The van der Waals surface area contributed by atoms with Gasteiger partial charge in [-0.2, -0.15) is 0 Å². The minimum Gasteiger partial charge on any atom is -0.493 e. The van der Waals surface area contributed by atoms with E-state index in [2.05, 4.69) is 36.5 Å². The fraction of sp³-hybridized carbons (Fsp3) is 0.222. The molecule has 35 heavy (non-hydrogen) atoms. The summed E-state index contributed by atoms with van der Waals surface area (Å²) in [5.74, 6) is 1.77. The Bertz CT molecular complexity index is 1420. The number of thioether (sulfide) groups is 1. The Kier molecular flexibility index (Phi) is 6.46. The summed E-state index contributed by atoms with van der Waals surface area (Å²) in [5, 5.41) is 11.6. The maximum absolute atomic E-state index is 13.3. The van der Waals surface area contributed by atoms with Crippen molar-refractivity contribution in [2.24, 2.45) is 10.1 Å². The topological polar surface area (TPSA) is 75.5 Å². The summed E-state index contributed by atoms with van der Waals surface area (Å²) in [6.45, 7) is 4.53. The Labute approximate surface area is 208 Å². The van der Waals surface area contributed by atoms with Gasteiger partial charge in [0.1, 0.15) is 5.70 Å². The number of nitrogens with zero attached hydrogens (tertiary/aromatic N) is 3. The number of aryl methyl sites for hydroxylation is 1. The SMILES string of the molecule is CCOc1ccc(C2N=c3ccccc3=C3C(=O)NC(SCc4ccc(C)cc4)=NN32)cc1OC. The van der Waals surface area contributed by atoms with Crippen molar-refractivity contribution in [1.82, 2.24) is 10.3 Å². The maximum Gasteiger partial charge on any atom is 0.276 e. The van der Waals surface area contributed by atoms with E-state index in [0.29, 0.717) is 34.7 Å². The predicted octanol–water partition coefficient (Wildman–Crippen LogP) is 3.48. The van der Waals surface area contributed by atoms with Gasteiger partial charge in [-0.3, -0.25) is 15.1 Å². The molecule has 0 bridgehead atoms. The zero-order valence-electron chi connectivity index (χ0n) is 19.8. The highest BCUT2D eigenvalue weighted by Gasteiger charge is 2.34. The zero-order valence-corrected chi connectivity index (χ0v) is 20.6. The zero-order chi connectivity index (χ0) is 24.4. The molecule has 1 amide bonds. The van der Waals surface area contributed by atoms with Gasteiger partial charge < -0.3 is 9.47 Å². The summed E-state index contributed by atoms with van der Waals surface area (Å²) < 4.78 is 11.2. The lowest BCUT2D eigenvalue weighted by Gasteiger charge is -2.34. The first-order valence-corrected chi connectivity index (χ1v) is 12.4. The average Bonchev–Trinajstić information content (AvgIpc) is 2.88. The monoisotopic (exact) mass is 486 g/mol. The van der Waals surface area contributed by atoms with Gasteiger partial charge in [-0.25, -0.2) is 5.01 Å². The number of carbonyl (C=O) groups is 1. The van der Waals surface area contributed by atoms with Crippen molar-refractivity contribution in [2.75, 3.05) is 13.7 Å². The lowest BCUT2D eigenvalue weighted by atomic mass is 10.1. The molecule has 2 aliphatic rings. The third kappa shape index (κ3) is 4.61. The molecule has 5 rings (SSSR count). The molecule has 0 radical (unpaired) electrons. The summed E-state index contributed by atoms with van der Waals surface area (Å²) in [6.07, 6.45) is -0.523. The van der Waals surface area contributed by atoms with Crippen molar-refractivity contribution in [1.29, 1.82) is 0 Å². The summed E-state index contributed by atoms with van der Waals surface area (Å²) in [4.78, 5) is 18.3. The van der Waals surface area contributed by atoms with Gasteiger partial charge in [0.25, 0.3) is 5.91 Å². The molecule has 0 saturated heterocycles. The number of rotatable bonds is 6. The van der Waals surface area contributed by atoms with Gasteiger partial charge in [-0.05, 0) is 37.6 Å². The number of hydrogen-bond donors (Lipinski definition) is 1. The molecule has 8 heteroatoms. The third-order valence-electron chi connectivity index (χ3n) is 5.80. The van der Waals surface area contributed by atoms with Crippen LogP contribution in [0.5, 0.6) is 11.5 Å². The standard InChI is InChI=1S/C27H26N4O3S/c1-4-34-22-14-13-19(15-23(22)33-3)25-28-21-8-6-5-7-20(21)24-26(32)29-27(30-31(24)25)35-16-18-11-9-17(2)10-12-18/h5-15,25H,4,16H2,1-3H3,(H,29,30,32). The van der Waals surface area contributed by atoms with E-state index < -0.39 is 6.17 Å². The van der Waals surface area contributed by atoms with Crippen LogP contribution in [0.25, 0.3) is 5.70 Å². The number of hydrazone groups is 1. The molecule has 7 nitrogen and oxygen atoms in total. The fourth-order valence-corrected chi connectivity index (χ4v) is 4.87. The van der Waals surface area contributed by atoms with Crippen LogP contribution in [0, 0.1) is 6.92 Å².